The van der Waals surface area contributed by atoms with Crippen molar-refractivity contribution in [2.24, 2.45) is 17.0 Å². The summed E-state index contributed by atoms with van der Waals surface area (Å²) in [4.78, 5) is 22.8. The van der Waals surface area contributed by atoms with E-state index in [2.05, 4.69) is 19.9 Å². The molecular formula is C22H27N5O3. The van der Waals surface area contributed by atoms with Crippen molar-refractivity contribution in [1.29, 1.82) is 0 Å². The predicted octanol–water partition coefficient (Wildman–Crippen LogP) is 3.91. The molecule has 30 heavy (non-hydrogen) atoms. The second-order valence-electron chi connectivity index (χ2n) is 8.13. The number of piperidine rings is 3. The van der Waals surface area contributed by atoms with Crippen LogP contribution in [0.4, 0.5) is 0 Å². The molecule has 0 spiro atoms. The van der Waals surface area contributed by atoms with E-state index in [1.54, 1.807) is 13.3 Å². The molecule has 4 heterocycles. The van der Waals surface area contributed by atoms with Crippen LogP contribution in [-0.4, -0.2) is 55.7 Å². The number of methoxy groups -OCH3 is 2. The van der Waals surface area contributed by atoms with E-state index >= 15 is 0 Å². The highest BCUT2D eigenvalue weighted by molar-refractivity contribution is 5.90. The van der Waals surface area contributed by atoms with Crippen LogP contribution in [0.2, 0.25) is 0 Å². The first kappa shape index (κ1) is 20.4. The van der Waals surface area contributed by atoms with Crippen molar-refractivity contribution in [2.75, 3.05) is 33.9 Å². The van der Waals surface area contributed by atoms with Gasteiger partial charge in [0.2, 0.25) is 0 Å². The minimum atomic E-state index is -0.381. The monoisotopic (exact) mass is 409 g/mol. The van der Waals surface area contributed by atoms with Gasteiger partial charge in [-0.15, -0.1) is 0 Å². The second-order valence-corrected chi connectivity index (χ2v) is 8.13. The number of nitrogens with zero attached hydrogens (tertiary/aromatic N) is 5. The van der Waals surface area contributed by atoms with Crippen molar-refractivity contribution in [3.05, 3.63) is 46.5 Å². The molecule has 3 fully saturated rings. The average Bonchev–Trinajstić information content (AvgIpc) is 2.79. The van der Waals surface area contributed by atoms with Gasteiger partial charge < -0.3 is 9.47 Å². The van der Waals surface area contributed by atoms with Gasteiger partial charge >= 0.3 is 5.97 Å². The molecule has 2 aromatic rings. The van der Waals surface area contributed by atoms with Gasteiger partial charge in [-0.3, -0.25) is 14.7 Å². The highest BCUT2D eigenvalue weighted by Gasteiger charge is 2.46. The summed E-state index contributed by atoms with van der Waals surface area (Å²) in [6.07, 6.45) is 4.72. The third kappa shape index (κ3) is 3.80. The van der Waals surface area contributed by atoms with E-state index in [0.29, 0.717) is 18.4 Å². The minimum Gasteiger partial charge on any atom is -0.497 e. The van der Waals surface area contributed by atoms with Gasteiger partial charge in [0.15, 0.2) is 0 Å². The second kappa shape index (κ2) is 8.90. The number of rotatable bonds is 7. The number of azide groups is 1. The predicted molar refractivity (Wildman–Crippen MR) is 113 cm³/mol. The first-order chi connectivity index (χ1) is 14.7. The molecule has 0 amide bonds. The van der Waals surface area contributed by atoms with Crippen LogP contribution in [0.1, 0.15) is 30.7 Å². The SMILES string of the molecule is COC(=O)[C@H](c1ccnc2ccc(OC)cc12)[C@H]1C[C@H]2CCN1C[C@@H]2CCN=[N+]=[N-]. The number of esters is 1. The van der Waals surface area contributed by atoms with E-state index in [0.717, 1.165) is 54.6 Å². The summed E-state index contributed by atoms with van der Waals surface area (Å²) in [5, 5.41) is 4.64. The lowest BCUT2D eigenvalue weighted by Gasteiger charge is -2.51. The van der Waals surface area contributed by atoms with Crippen LogP contribution in [0.3, 0.4) is 0 Å². The maximum absolute atomic E-state index is 13.0. The van der Waals surface area contributed by atoms with Crippen LogP contribution in [0.5, 0.6) is 5.75 Å². The van der Waals surface area contributed by atoms with Crippen molar-refractivity contribution in [3.63, 3.8) is 0 Å². The number of hydrogen-bond acceptors (Lipinski definition) is 6. The summed E-state index contributed by atoms with van der Waals surface area (Å²) in [6, 6.07) is 7.78. The number of hydrogen-bond donors (Lipinski definition) is 0. The Balaban J connectivity index is 1.68. The molecule has 158 valence electrons. The van der Waals surface area contributed by atoms with E-state index in [-0.39, 0.29) is 17.9 Å². The Hall–Kier alpha value is -2.83. The molecule has 1 unspecified atom stereocenters. The molecule has 5 rings (SSSR count). The Morgan fingerprint density at radius 1 is 1.40 bits per heavy atom. The fourth-order valence-electron chi connectivity index (χ4n) is 5.28. The number of aromatic nitrogens is 1. The van der Waals surface area contributed by atoms with Crippen LogP contribution in [0, 0.1) is 11.8 Å². The Morgan fingerprint density at radius 3 is 2.97 bits per heavy atom. The van der Waals surface area contributed by atoms with Gasteiger partial charge in [0.05, 0.1) is 25.7 Å². The highest BCUT2D eigenvalue weighted by atomic mass is 16.5. The number of carbonyl (C=O) groups excluding carboxylic acids is 1. The Kier molecular flexibility index (Phi) is 6.06. The Bertz CT molecular complexity index is 974. The van der Waals surface area contributed by atoms with Gasteiger partial charge in [0.1, 0.15) is 5.75 Å². The van der Waals surface area contributed by atoms with Gasteiger partial charge in [0, 0.05) is 35.6 Å². The summed E-state index contributed by atoms with van der Waals surface area (Å²) < 4.78 is 10.7. The topological polar surface area (TPSA) is 100 Å². The fourth-order valence-corrected chi connectivity index (χ4v) is 5.28. The summed E-state index contributed by atoms with van der Waals surface area (Å²) in [6.45, 7) is 2.44. The van der Waals surface area contributed by atoms with Gasteiger partial charge in [-0.1, -0.05) is 5.11 Å². The number of ether oxygens (including phenoxy) is 2. The first-order valence-electron chi connectivity index (χ1n) is 10.4. The standard InChI is InChI=1S/C22H27N5O3/c1-29-16-3-4-19-18(12-16)17(6-8-24-19)21(22(28)30-2)20-11-14-7-10-27(20)13-15(14)5-9-25-26-23/h3-4,6,8,12,14-15,20-21H,5,7,9-11,13H2,1-2H3/t14-,15+,20-,21-/m1/s1. The molecule has 3 saturated heterocycles. The van der Waals surface area contributed by atoms with Gasteiger partial charge in [0.25, 0.3) is 0 Å². The van der Waals surface area contributed by atoms with Crippen LogP contribution in [0.25, 0.3) is 21.3 Å². The van der Waals surface area contributed by atoms with Crippen LogP contribution < -0.4 is 4.74 Å². The normalized spacial score (nSPS) is 26.1. The van der Waals surface area contributed by atoms with E-state index in [1.807, 2.05) is 24.3 Å². The lowest BCUT2D eigenvalue weighted by molar-refractivity contribution is -0.146. The molecule has 3 aliphatic rings. The zero-order valence-electron chi connectivity index (χ0n) is 17.4. The van der Waals surface area contributed by atoms with Crippen molar-refractivity contribution in [1.82, 2.24) is 9.88 Å². The van der Waals surface area contributed by atoms with Gasteiger partial charge in [-0.2, -0.15) is 0 Å². The molecule has 1 aromatic heterocycles. The summed E-state index contributed by atoms with van der Waals surface area (Å²) in [7, 11) is 3.09. The molecule has 5 atom stereocenters. The third-order valence-corrected chi connectivity index (χ3v) is 6.76. The van der Waals surface area contributed by atoms with Crippen LogP contribution >= 0.6 is 0 Å². The minimum absolute atomic E-state index is 0.0868. The molecule has 0 N–H and O–H groups in total. The molecule has 1 aromatic carbocycles. The van der Waals surface area contributed by atoms with Crippen LogP contribution in [-0.2, 0) is 9.53 Å². The van der Waals surface area contributed by atoms with Gasteiger partial charge in [-0.05, 0) is 73.0 Å². The first-order valence-corrected chi connectivity index (χ1v) is 10.4. The van der Waals surface area contributed by atoms with Crippen molar-refractivity contribution in [2.45, 2.75) is 31.2 Å². The zero-order chi connectivity index (χ0) is 21.1. The summed E-state index contributed by atoms with van der Waals surface area (Å²) in [5.74, 6) is 1.18. The lowest BCUT2D eigenvalue weighted by atomic mass is 9.70. The van der Waals surface area contributed by atoms with E-state index in [1.165, 1.54) is 7.11 Å². The largest absolute Gasteiger partial charge is 0.497 e. The quantitative estimate of drug-likeness (QED) is 0.299. The van der Waals surface area contributed by atoms with Crippen LogP contribution in [0.15, 0.2) is 35.6 Å². The molecule has 2 bridgehead atoms. The zero-order valence-corrected chi connectivity index (χ0v) is 17.4. The smallest absolute Gasteiger partial charge is 0.314 e. The van der Waals surface area contributed by atoms with Crippen molar-refractivity contribution < 1.29 is 14.3 Å². The Morgan fingerprint density at radius 2 is 2.27 bits per heavy atom. The molecule has 3 aliphatic heterocycles. The van der Waals surface area contributed by atoms with Crippen molar-refractivity contribution in [3.8, 4) is 5.75 Å². The number of carbonyl (C=O) groups is 1. The fraction of sp³-hybridized carbons (Fsp3) is 0.545. The maximum atomic E-state index is 13.0. The average molecular weight is 409 g/mol. The molecule has 0 saturated carbocycles. The van der Waals surface area contributed by atoms with Crippen molar-refractivity contribution >= 4 is 16.9 Å². The highest BCUT2D eigenvalue weighted by Crippen LogP contribution is 2.44. The molecular weight excluding hydrogens is 382 g/mol. The van der Waals surface area contributed by atoms with E-state index in [9.17, 15) is 4.79 Å². The van der Waals surface area contributed by atoms with Gasteiger partial charge in [-0.25, -0.2) is 0 Å². The summed E-state index contributed by atoms with van der Waals surface area (Å²) in [5.41, 5.74) is 10.3. The third-order valence-electron chi connectivity index (χ3n) is 6.76. The number of benzene rings is 1. The molecule has 8 heteroatoms. The lowest BCUT2D eigenvalue weighted by Crippen LogP contribution is -2.56. The maximum Gasteiger partial charge on any atom is 0.314 e. The van der Waals surface area contributed by atoms with E-state index in [4.69, 9.17) is 15.0 Å². The molecule has 8 nitrogen and oxygen atoms in total. The summed E-state index contributed by atoms with van der Waals surface area (Å²) >= 11 is 0. The number of fused-ring (bicyclic) bond motifs is 4. The Labute approximate surface area is 175 Å². The van der Waals surface area contributed by atoms with E-state index < -0.39 is 0 Å². The molecule has 0 aliphatic carbocycles. The molecule has 0 radical (unpaired) electrons. The number of pyridine rings is 1.